The van der Waals surface area contributed by atoms with Gasteiger partial charge in [-0.25, -0.2) is 9.18 Å². The summed E-state index contributed by atoms with van der Waals surface area (Å²) < 4.78 is 13.4. The molecule has 0 aliphatic carbocycles. The lowest BCUT2D eigenvalue weighted by molar-refractivity contribution is 0.119. The quantitative estimate of drug-likeness (QED) is 0.508. The Balaban J connectivity index is 1.67. The van der Waals surface area contributed by atoms with Crippen LogP contribution in [0, 0.1) is 17.1 Å². The van der Waals surface area contributed by atoms with Crippen LogP contribution in [0.3, 0.4) is 0 Å². The highest BCUT2D eigenvalue weighted by atomic mass is 19.1. The predicted octanol–water partition coefficient (Wildman–Crippen LogP) is 4.61. The summed E-state index contributed by atoms with van der Waals surface area (Å²) in [6, 6.07) is 13.7. The number of carbonyl (C=O) groups is 1. The van der Waals surface area contributed by atoms with Crippen molar-refractivity contribution in [1.29, 1.82) is 5.41 Å². The number of benzene rings is 2. The highest BCUT2D eigenvalue weighted by molar-refractivity contribution is 5.93. The van der Waals surface area contributed by atoms with E-state index in [-0.39, 0.29) is 23.8 Å². The molecule has 0 bridgehead atoms. The van der Waals surface area contributed by atoms with Crippen LogP contribution in [0.25, 0.3) is 0 Å². The molecule has 1 atom stereocenters. The molecular weight excluding hydrogens is 381 g/mol. The van der Waals surface area contributed by atoms with E-state index in [1.807, 2.05) is 23.1 Å². The van der Waals surface area contributed by atoms with Gasteiger partial charge in [0.05, 0.1) is 6.04 Å². The summed E-state index contributed by atoms with van der Waals surface area (Å²) in [5.74, 6) is 0.211. The molecule has 1 heterocycles. The van der Waals surface area contributed by atoms with Gasteiger partial charge in [0.15, 0.2) is 5.96 Å². The lowest BCUT2D eigenvalue weighted by Crippen LogP contribution is -2.60. The number of hydrogen-bond acceptors (Lipinski definition) is 2. The van der Waals surface area contributed by atoms with E-state index < -0.39 is 0 Å². The van der Waals surface area contributed by atoms with Crippen LogP contribution >= 0.6 is 0 Å². The van der Waals surface area contributed by atoms with Crippen LogP contribution in [0.4, 0.5) is 20.6 Å². The van der Waals surface area contributed by atoms with Crippen LogP contribution in [0.1, 0.15) is 26.3 Å². The third-order valence-electron chi connectivity index (χ3n) is 5.49. The van der Waals surface area contributed by atoms with E-state index in [9.17, 15) is 9.18 Å². The van der Waals surface area contributed by atoms with Crippen molar-refractivity contribution in [3.05, 3.63) is 59.9 Å². The third kappa shape index (κ3) is 5.09. The zero-order chi connectivity index (χ0) is 21.7. The number of nitrogens with one attached hydrogen (secondary N) is 3. The highest BCUT2D eigenvalue weighted by Crippen LogP contribution is 2.21. The first kappa shape index (κ1) is 21.6. The van der Waals surface area contributed by atoms with Crippen molar-refractivity contribution >= 4 is 23.4 Å². The molecule has 3 rings (SSSR count). The van der Waals surface area contributed by atoms with Crippen LogP contribution in [-0.2, 0) is 6.42 Å². The van der Waals surface area contributed by atoms with Gasteiger partial charge in [-0.1, -0.05) is 45.0 Å². The molecule has 160 valence electrons. The largest absolute Gasteiger partial charge is 0.336 e. The number of anilines is 2. The number of halogens is 1. The van der Waals surface area contributed by atoms with Crippen molar-refractivity contribution in [3.63, 3.8) is 0 Å². The van der Waals surface area contributed by atoms with E-state index in [1.165, 1.54) is 12.1 Å². The van der Waals surface area contributed by atoms with E-state index in [2.05, 4.69) is 37.5 Å². The summed E-state index contributed by atoms with van der Waals surface area (Å²) in [5, 5.41) is 14.7. The molecule has 2 amide bonds. The molecule has 1 aliphatic heterocycles. The minimum absolute atomic E-state index is 0.00537. The SMILES string of the molecule is CCc1ccccc1NC(=N)N1CCN(C(=O)Nc2cccc(F)c2)CC1C(C)C. The Morgan fingerprint density at radius 2 is 1.93 bits per heavy atom. The number of rotatable bonds is 4. The summed E-state index contributed by atoms with van der Waals surface area (Å²) in [4.78, 5) is 16.5. The summed E-state index contributed by atoms with van der Waals surface area (Å²) in [6.45, 7) is 7.83. The average molecular weight is 412 g/mol. The Labute approximate surface area is 177 Å². The second-order valence-corrected chi connectivity index (χ2v) is 7.88. The minimum atomic E-state index is -0.385. The third-order valence-corrected chi connectivity index (χ3v) is 5.49. The van der Waals surface area contributed by atoms with E-state index in [0.717, 1.165) is 17.7 Å². The smallest absolute Gasteiger partial charge is 0.321 e. The van der Waals surface area contributed by atoms with Crippen molar-refractivity contribution in [1.82, 2.24) is 9.80 Å². The Bertz CT molecular complexity index is 901. The molecule has 0 spiro atoms. The van der Waals surface area contributed by atoms with E-state index >= 15 is 0 Å². The number of carbonyl (C=O) groups excluding carboxylic acids is 1. The monoisotopic (exact) mass is 411 g/mol. The number of guanidine groups is 1. The fourth-order valence-corrected chi connectivity index (χ4v) is 3.76. The first-order chi connectivity index (χ1) is 14.4. The molecule has 0 aromatic heterocycles. The Morgan fingerprint density at radius 3 is 2.63 bits per heavy atom. The van der Waals surface area contributed by atoms with Crippen LogP contribution in [0.15, 0.2) is 48.5 Å². The summed E-state index contributed by atoms with van der Waals surface area (Å²) in [7, 11) is 0. The highest BCUT2D eigenvalue weighted by Gasteiger charge is 2.33. The number of hydrogen-bond donors (Lipinski definition) is 3. The van der Waals surface area contributed by atoms with Crippen LogP contribution < -0.4 is 10.6 Å². The van der Waals surface area contributed by atoms with Crippen LogP contribution in [0.5, 0.6) is 0 Å². The van der Waals surface area contributed by atoms with Crippen molar-refractivity contribution < 1.29 is 9.18 Å². The van der Waals surface area contributed by atoms with Crippen molar-refractivity contribution in [3.8, 4) is 0 Å². The molecule has 6 nitrogen and oxygen atoms in total. The molecule has 7 heteroatoms. The first-order valence-corrected chi connectivity index (χ1v) is 10.4. The predicted molar refractivity (Wildman–Crippen MR) is 119 cm³/mol. The summed E-state index contributed by atoms with van der Waals surface area (Å²) in [5.41, 5.74) is 2.55. The van der Waals surface area contributed by atoms with Gasteiger partial charge in [0.2, 0.25) is 0 Å². The average Bonchev–Trinajstić information content (AvgIpc) is 2.73. The summed E-state index contributed by atoms with van der Waals surface area (Å²) >= 11 is 0. The minimum Gasteiger partial charge on any atom is -0.336 e. The Kier molecular flexibility index (Phi) is 6.92. The van der Waals surface area contributed by atoms with Gasteiger partial charge in [-0.3, -0.25) is 5.41 Å². The number of aryl methyl sites for hydroxylation is 1. The van der Waals surface area contributed by atoms with E-state index in [1.54, 1.807) is 17.0 Å². The maximum absolute atomic E-state index is 13.4. The fraction of sp³-hybridized carbons (Fsp3) is 0.391. The molecule has 30 heavy (non-hydrogen) atoms. The molecule has 2 aromatic carbocycles. The van der Waals surface area contributed by atoms with Crippen molar-refractivity contribution in [2.75, 3.05) is 30.3 Å². The second kappa shape index (κ2) is 9.61. The molecule has 1 fully saturated rings. The zero-order valence-corrected chi connectivity index (χ0v) is 17.8. The fourth-order valence-electron chi connectivity index (χ4n) is 3.76. The van der Waals surface area contributed by atoms with Crippen LogP contribution in [0.2, 0.25) is 0 Å². The number of nitrogens with zero attached hydrogens (tertiary/aromatic N) is 2. The van der Waals surface area contributed by atoms with Gasteiger partial charge in [-0.05, 0) is 42.2 Å². The van der Waals surface area contributed by atoms with Gasteiger partial charge in [0.25, 0.3) is 0 Å². The van der Waals surface area contributed by atoms with E-state index in [4.69, 9.17) is 5.41 Å². The lowest BCUT2D eigenvalue weighted by Gasteiger charge is -2.44. The molecule has 1 unspecified atom stereocenters. The van der Waals surface area contributed by atoms with E-state index in [0.29, 0.717) is 31.3 Å². The van der Waals surface area contributed by atoms with Gasteiger partial charge in [0, 0.05) is 31.0 Å². The number of amides is 2. The van der Waals surface area contributed by atoms with Crippen molar-refractivity contribution in [2.45, 2.75) is 33.2 Å². The second-order valence-electron chi connectivity index (χ2n) is 7.88. The first-order valence-electron chi connectivity index (χ1n) is 10.4. The van der Waals surface area contributed by atoms with Crippen LogP contribution in [-0.4, -0.2) is 47.5 Å². The summed E-state index contributed by atoms with van der Waals surface area (Å²) in [6.07, 6.45) is 0.887. The molecule has 0 saturated carbocycles. The topological polar surface area (TPSA) is 71.5 Å². The molecule has 2 aromatic rings. The van der Waals surface area contributed by atoms with Gasteiger partial charge >= 0.3 is 6.03 Å². The molecule has 3 N–H and O–H groups in total. The maximum Gasteiger partial charge on any atom is 0.321 e. The lowest BCUT2D eigenvalue weighted by atomic mass is 10.00. The number of para-hydroxylation sites is 1. The Hall–Kier alpha value is -3.09. The number of piperazine rings is 1. The maximum atomic E-state index is 13.4. The van der Waals surface area contributed by atoms with Gasteiger partial charge in [-0.15, -0.1) is 0 Å². The zero-order valence-electron chi connectivity index (χ0n) is 17.8. The normalized spacial score (nSPS) is 16.5. The molecular formula is C23H30FN5O. The van der Waals surface area contributed by atoms with Gasteiger partial charge in [-0.2, -0.15) is 0 Å². The molecule has 1 aliphatic rings. The standard InChI is InChI=1S/C23H30FN5O/c1-4-17-8-5-6-11-20(17)27-22(25)29-13-12-28(15-21(29)16(2)3)23(30)26-19-10-7-9-18(24)14-19/h5-11,14,16,21H,4,12-13,15H2,1-3H3,(H2,25,27)(H,26,30). The molecule has 1 saturated heterocycles. The van der Waals surface area contributed by atoms with Gasteiger partial charge in [0.1, 0.15) is 5.82 Å². The van der Waals surface area contributed by atoms with Crippen molar-refractivity contribution in [2.24, 2.45) is 5.92 Å². The molecule has 0 radical (unpaired) electrons. The Morgan fingerprint density at radius 1 is 1.17 bits per heavy atom. The number of urea groups is 1. The van der Waals surface area contributed by atoms with Gasteiger partial charge < -0.3 is 20.4 Å².